The molecule has 0 aliphatic heterocycles. The molecule has 60 heavy (non-hydrogen) atoms. The first kappa shape index (κ1) is 35.7. The Balaban J connectivity index is 1.02. The SMILES string of the molecule is CC1(C)c2ccccc2-c2c(N(c3ccc(-c4ccc(-c5cccc6ccccc56)cc4)cc3)c3ccccc3-c3ccc(-c4cccc5ccccc45)cc3)cccc21. The van der Waals surface area contributed by atoms with Gasteiger partial charge in [0.15, 0.2) is 0 Å². The molecule has 0 heterocycles. The highest BCUT2D eigenvalue weighted by atomic mass is 15.1. The molecule has 0 spiro atoms. The molecule has 10 aromatic carbocycles. The lowest BCUT2D eigenvalue weighted by atomic mass is 9.82. The summed E-state index contributed by atoms with van der Waals surface area (Å²) in [6.07, 6.45) is 0. The monoisotopic (exact) mass is 765 g/mol. The zero-order valence-corrected chi connectivity index (χ0v) is 33.8. The minimum atomic E-state index is -0.118. The van der Waals surface area contributed by atoms with Crippen LogP contribution in [0.25, 0.3) is 77.2 Å². The highest BCUT2D eigenvalue weighted by Crippen LogP contribution is 2.55. The van der Waals surface area contributed by atoms with Crippen molar-refractivity contribution in [2.24, 2.45) is 0 Å². The Hall–Kier alpha value is -7.48. The molecular weight excluding hydrogens is 723 g/mol. The summed E-state index contributed by atoms with van der Waals surface area (Å²) in [5, 5.41) is 5.06. The molecule has 1 aliphatic carbocycles. The summed E-state index contributed by atoms with van der Waals surface area (Å²) < 4.78 is 0. The molecule has 0 amide bonds. The normalized spacial score (nSPS) is 12.6. The van der Waals surface area contributed by atoms with E-state index in [0.717, 1.165) is 11.4 Å². The van der Waals surface area contributed by atoms with E-state index in [1.54, 1.807) is 0 Å². The standard InChI is InChI=1S/C59H43N/c1-59(2)54-24-9-7-21-53(54)58-55(59)25-13-27-57(58)60(47-38-36-41(37-39-47)40-28-30-44(31-29-40)50-22-11-16-42-14-3-5-18-48(42)50)56-26-10-8-20-52(56)46-34-32-45(33-35-46)51-23-12-17-43-15-4-6-19-49(43)51/h3-39H,1-2H3. The number of hydrogen-bond donors (Lipinski definition) is 0. The summed E-state index contributed by atoms with van der Waals surface area (Å²) in [5.41, 5.74) is 18.3. The molecule has 0 saturated heterocycles. The van der Waals surface area contributed by atoms with Crippen molar-refractivity contribution >= 4 is 38.6 Å². The van der Waals surface area contributed by atoms with Crippen molar-refractivity contribution in [3.63, 3.8) is 0 Å². The van der Waals surface area contributed by atoms with Gasteiger partial charge in [-0.3, -0.25) is 0 Å². The van der Waals surface area contributed by atoms with E-state index in [9.17, 15) is 0 Å². The molecule has 0 bridgehead atoms. The van der Waals surface area contributed by atoms with Crippen molar-refractivity contribution in [2.45, 2.75) is 19.3 Å². The maximum absolute atomic E-state index is 2.48. The third-order valence-electron chi connectivity index (χ3n) is 12.7. The van der Waals surface area contributed by atoms with Crippen molar-refractivity contribution in [1.29, 1.82) is 0 Å². The van der Waals surface area contributed by atoms with Crippen molar-refractivity contribution in [1.82, 2.24) is 0 Å². The van der Waals surface area contributed by atoms with Gasteiger partial charge in [-0.15, -0.1) is 0 Å². The molecule has 0 aromatic heterocycles. The average molecular weight is 766 g/mol. The number of nitrogens with zero attached hydrogens (tertiary/aromatic N) is 1. The van der Waals surface area contributed by atoms with Gasteiger partial charge < -0.3 is 4.90 Å². The van der Waals surface area contributed by atoms with E-state index >= 15 is 0 Å². The van der Waals surface area contributed by atoms with Gasteiger partial charge in [0.2, 0.25) is 0 Å². The Morgan fingerprint density at radius 3 is 1.32 bits per heavy atom. The van der Waals surface area contributed by atoms with Crippen LogP contribution in [0.4, 0.5) is 17.1 Å². The van der Waals surface area contributed by atoms with Crippen LogP contribution in [0, 0.1) is 0 Å². The number of benzene rings is 10. The summed E-state index contributed by atoms with van der Waals surface area (Å²) in [6.45, 7) is 4.72. The van der Waals surface area contributed by atoms with E-state index in [0.29, 0.717) is 0 Å². The fraction of sp³-hybridized carbons (Fsp3) is 0.0508. The van der Waals surface area contributed by atoms with Gasteiger partial charge in [0.05, 0.1) is 11.4 Å². The second-order valence-corrected chi connectivity index (χ2v) is 16.5. The first-order valence-electron chi connectivity index (χ1n) is 20.9. The second-order valence-electron chi connectivity index (χ2n) is 16.5. The first-order valence-corrected chi connectivity index (χ1v) is 20.9. The zero-order valence-electron chi connectivity index (χ0n) is 33.8. The molecule has 0 saturated carbocycles. The minimum Gasteiger partial charge on any atom is -0.309 e. The number of fused-ring (bicyclic) bond motifs is 5. The van der Waals surface area contributed by atoms with Crippen LogP contribution in [0.3, 0.4) is 0 Å². The van der Waals surface area contributed by atoms with Gasteiger partial charge in [-0.2, -0.15) is 0 Å². The highest BCUT2D eigenvalue weighted by molar-refractivity contribution is 6.00. The Labute approximate surface area is 352 Å². The predicted octanol–water partition coefficient (Wildman–Crippen LogP) is 16.4. The Morgan fingerprint density at radius 2 is 0.700 bits per heavy atom. The molecule has 0 radical (unpaired) electrons. The van der Waals surface area contributed by atoms with Crippen LogP contribution >= 0.6 is 0 Å². The van der Waals surface area contributed by atoms with Gasteiger partial charge in [-0.1, -0.05) is 214 Å². The van der Waals surface area contributed by atoms with Gasteiger partial charge in [-0.05, 0) is 101 Å². The van der Waals surface area contributed by atoms with E-state index in [4.69, 9.17) is 0 Å². The average Bonchev–Trinajstić information content (AvgIpc) is 3.55. The van der Waals surface area contributed by atoms with Crippen LogP contribution in [-0.2, 0) is 5.41 Å². The number of rotatable bonds is 7. The molecule has 0 atom stereocenters. The van der Waals surface area contributed by atoms with E-state index in [2.05, 4.69) is 243 Å². The topological polar surface area (TPSA) is 3.24 Å². The predicted molar refractivity (Wildman–Crippen MR) is 255 cm³/mol. The lowest BCUT2D eigenvalue weighted by molar-refractivity contribution is 0.660. The van der Waals surface area contributed by atoms with Gasteiger partial charge in [0.1, 0.15) is 0 Å². The first-order chi connectivity index (χ1) is 29.5. The van der Waals surface area contributed by atoms with Crippen LogP contribution in [0.5, 0.6) is 0 Å². The fourth-order valence-corrected chi connectivity index (χ4v) is 9.67. The molecule has 1 nitrogen and oxygen atoms in total. The van der Waals surface area contributed by atoms with E-state index in [-0.39, 0.29) is 5.41 Å². The summed E-state index contributed by atoms with van der Waals surface area (Å²) in [7, 11) is 0. The number of para-hydroxylation sites is 1. The summed E-state index contributed by atoms with van der Waals surface area (Å²) in [5.74, 6) is 0. The van der Waals surface area contributed by atoms with Crippen LogP contribution in [0.15, 0.2) is 224 Å². The molecule has 0 fully saturated rings. The molecule has 11 rings (SSSR count). The smallest absolute Gasteiger partial charge is 0.0543 e. The van der Waals surface area contributed by atoms with Crippen LogP contribution < -0.4 is 4.90 Å². The Bertz CT molecular complexity index is 3200. The summed E-state index contributed by atoms with van der Waals surface area (Å²) in [4.78, 5) is 2.48. The fourth-order valence-electron chi connectivity index (χ4n) is 9.67. The van der Waals surface area contributed by atoms with Crippen molar-refractivity contribution in [2.75, 3.05) is 4.90 Å². The number of hydrogen-bond acceptors (Lipinski definition) is 1. The molecule has 10 aromatic rings. The highest BCUT2D eigenvalue weighted by Gasteiger charge is 2.38. The largest absolute Gasteiger partial charge is 0.309 e. The molecule has 284 valence electrons. The molecule has 1 heteroatoms. The minimum absolute atomic E-state index is 0.118. The van der Waals surface area contributed by atoms with Crippen LogP contribution in [0.1, 0.15) is 25.0 Å². The zero-order chi connectivity index (χ0) is 40.2. The maximum Gasteiger partial charge on any atom is 0.0543 e. The van der Waals surface area contributed by atoms with Crippen LogP contribution in [-0.4, -0.2) is 0 Å². The van der Waals surface area contributed by atoms with E-state index in [1.807, 2.05) is 0 Å². The Kier molecular flexibility index (Phi) is 8.57. The third kappa shape index (κ3) is 5.93. The molecule has 0 N–H and O–H groups in total. The van der Waals surface area contributed by atoms with Gasteiger partial charge in [0, 0.05) is 22.2 Å². The van der Waals surface area contributed by atoms with Gasteiger partial charge in [-0.25, -0.2) is 0 Å². The molecule has 1 aliphatic rings. The second kappa shape index (κ2) is 14.4. The van der Waals surface area contributed by atoms with Gasteiger partial charge >= 0.3 is 0 Å². The molecule has 0 unspecified atom stereocenters. The van der Waals surface area contributed by atoms with Crippen molar-refractivity contribution in [3.8, 4) is 55.6 Å². The number of anilines is 3. The van der Waals surface area contributed by atoms with Gasteiger partial charge in [0.25, 0.3) is 0 Å². The molecular formula is C59H43N. The lowest BCUT2D eigenvalue weighted by Crippen LogP contribution is -2.16. The van der Waals surface area contributed by atoms with E-state index in [1.165, 1.54) is 94.0 Å². The summed E-state index contributed by atoms with van der Waals surface area (Å²) in [6, 6.07) is 82.3. The Morgan fingerprint density at radius 1 is 0.300 bits per heavy atom. The summed E-state index contributed by atoms with van der Waals surface area (Å²) >= 11 is 0. The van der Waals surface area contributed by atoms with Crippen molar-refractivity contribution < 1.29 is 0 Å². The lowest BCUT2D eigenvalue weighted by Gasteiger charge is -2.30. The van der Waals surface area contributed by atoms with Crippen LogP contribution in [0.2, 0.25) is 0 Å². The third-order valence-corrected chi connectivity index (χ3v) is 12.7. The van der Waals surface area contributed by atoms with Crippen molar-refractivity contribution in [3.05, 3.63) is 236 Å². The van der Waals surface area contributed by atoms with E-state index < -0.39 is 0 Å². The quantitative estimate of drug-likeness (QED) is 0.156. The maximum atomic E-state index is 2.48.